The Morgan fingerprint density at radius 2 is 2.00 bits per heavy atom. The highest BCUT2D eigenvalue weighted by Gasteiger charge is 2.19. The van der Waals surface area contributed by atoms with Gasteiger partial charge in [-0.1, -0.05) is 12.1 Å². The van der Waals surface area contributed by atoms with Gasteiger partial charge in [-0.25, -0.2) is 4.98 Å². The molecule has 0 N–H and O–H groups in total. The summed E-state index contributed by atoms with van der Waals surface area (Å²) in [6, 6.07) is 9.12. The molecule has 4 nitrogen and oxygen atoms in total. The molecule has 0 amide bonds. The smallest absolute Gasteiger partial charge is 0.199 e. The van der Waals surface area contributed by atoms with E-state index in [-0.39, 0.29) is 18.0 Å². The fraction of sp³-hybridized carbons (Fsp3) is 0.133. The predicted octanol–water partition coefficient (Wildman–Crippen LogP) is 3.65. The zero-order valence-corrected chi connectivity index (χ0v) is 11.6. The van der Waals surface area contributed by atoms with Gasteiger partial charge in [0, 0.05) is 0 Å². The van der Waals surface area contributed by atoms with Crippen molar-refractivity contribution in [2.24, 2.45) is 0 Å². The van der Waals surface area contributed by atoms with Crippen LogP contribution in [0.3, 0.4) is 0 Å². The molecule has 5 heteroatoms. The summed E-state index contributed by atoms with van der Waals surface area (Å²) in [7, 11) is 0. The lowest BCUT2D eigenvalue weighted by molar-refractivity contribution is 0.0893. The van der Waals surface area contributed by atoms with E-state index < -0.39 is 0 Å². The monoisotopic (exact) mass is 285 g/mol. The van der Waals surface area contributed by atoms with Gasteiger partial charge >= 0.3 is 0 Å². The van der Waals surface area contributed by atoms with Gasteiger partial charge < -0.3 is 4.42 Å². The summed E-state index contributed by atoms with van der Waals surface area (Å²) in [5.41, 5.74) is 1.24. The summed E-state index contributed by atoms with van der Waals surface area (Å²) in [4.78, 5) is 28.4. The van der Waals surface area contributed by atoms with Crippen LogP contribution in [0.25, 0.3) is 10.2 Å². The van der Waals surface area contributed by atoms with Crippen molar-refractivity contribution in [1.29, 1.82) is 0 Å². The molecule has 0 aliphatic rings. The third-order valence-electron chi connectivity index (χ3n) is 3.01. The van der Waals surface area contributed by atoms with E-state index in [4.69, 9.17) is 4.42 Å². The number of thiazole rings is 1. The number of carbonyl (C=O) groups is 2. The summed E-state index contributed by atoms with van der Waals surface area (Å²) < 4.78 is 6.02. The zero-order valence-electron chi connectivity index (χ0n) is 10.8. The standard InChI is InChI=1S/C15H11NO3S/c1-9-10(6-7-19-9)12(17)8-13(18)15-16-11-4-2-3-5-14(11)20-15/h2-7H,8H2,1H3. The van der Waals surface area contributed by atoms with Crippen LogP contribution in [-0.4, -0.2) is 16.6 Å². The van der Waals surface area contributed by atoms with Crippen LogP contribution >= 0.6 is 11.3 Å². The van der Waals surface area contributed by atoms with Gasteiger partial charge in [0.2, 0.25) is 0 Å². The van der Waals surface area contributed by atoms with Gasteiger partial charge in [0.15, 0.2) is 16.6 Å². The number of para-hydroxylation sites is 1. The SMILES string of the molecule is Cc1occc1C(=O)CC(=O)c1nc2ccccc2s1. The maximum absolute atomic E-state index is 12.1. The fourth-order valence-corrected chi connectivity index (χ4v) is 2.89. The highest BCUT2D eigenvalue weighted by Crippen LogP contribution is 2.23. The summed E-state index contributed by atoms with van der Waals surface area (Å²) in [5, 5.41) is 0.376. The molecule has 0 spiro atoms. The predicted molar refractivity (Wildman–Crippen MR) is 76.3 cm³/mol. The first kappa shape index (κ1) is 12.7. The number of carbonyl (C=O) groups excluding carboxylic acids is 2. The molecule has 0 saturated carbocycles. The van der Waals surface area contributed by atoms with Crippen LogP contribution in [0, 0.1) is 6.92 Å². The molecule has 0 bridgehead atoms. The number of aromatic nitrogens is 1. The van der Waals surface area contributed by atoms with Gasteiger partial charge in [0.05, 0.1) is 28.5 Å². The second-order valence-electron chi connectivity index (χ2n) is 4.40. The van der Waals surface area contributed by atoms with Gasteiger partial charge in [-0.3, -0.25) is 9.59 Å². The molecule has 0 saturated heterocycles. The molecule has 3 aromatic rings. The van der Waals surface area contributed by atoms with Crippen molar-refractivity contribution in [3.8, 4) is 0 Å². The first-order valence-electron chi connectivity index (χ1n) is 6.11. The quantitative estimate of drug-likeness (QED) is 0.542. The summed E-state index contributed by atoms with van der Waals surface area (Å²) in [6.07, 6.45) is 1.27. The van der Waals surface area contributed by atoms with Crippen LogP contribution in [0.15, 0.2) is 41.0 Å². The normalized spacial score (nSPS) is 10.8. The average Bonchev–Trinajstić information content (AvgIpc) is 3.04. The molecule has 2 heterocycles. The molecule has 100 valence electrons. The molecule has 20 heavy (non-hydrogen) atoms. The molecule has 1 aromatic carbocycles. The number of benzene rings is 1. The molecule has 0 aliphatic heterocycles. The van der Waals surface area contributed by atoms with Crippen LogP contribution < -0.4 is 0 Å². The van der Waals surface area contributed by atoms with Crippen molar-refractivity contribution in [1.82, 2.24) is 4.98 Å². The Kier molecular flexibility index (Phi) is 3.20. The van der Waals surface area contributed by atoms with Crippen LogP contribution in [0.4, 0.5) is 0 Å². The van der Waals surface area contributed by atoms with E-state index >= 15 is 0 Å². The number of rotatable bonds is 4. The van der Waals surface area contributed by atoms with Crippen molar-refractivity contribution in [3.05, 3.63) is 52.9 Å². The molecular formula is C15H11NO3S. The van der Waals surface area contributed by atoms with E-state index in [1.807, 2.05) is 24.3 Å². The van der Waals surface area contributed by atoms with Gasteiger partial charge in [-0.05, 0) is 25.1 Å². The Morgan fingerprint density at radius 1 is 1.20 bits per heavy atom. The number of ketones is 2. The molecule has 0 fully saturated rings. The van der Waals surface area contributed by atoms with Crippen LogP contribution in [0.5, 0.6) is 0 Å². The Balaban J connectivity index is 1.82. The minimum Gasteiger partial charge on any atom is -0.469 e. The lowest BCUT2D eigenvalue weighted by atomic mass is 10.1. The molecule has 0 aliphatic carbocycles. The van der Waals surface area contributed by atoms with E-state index in [9.17, 15) is 9.59 Å². The minimum atomic E-state index is -0.253. The summed E-state index contributed by atoms with van der Waals surface area (Å²) in [6.45, 7) is 1.70. The van der Waals surface area contributed by atoms with Crippen molar-refractivity contribution < 1.29 is 14.0 Å². The maximum atomic E-state index is 12.1. The first-order valence-corrected chi connectivity index (χ1v) is 6.93. The molecule has 0 atom stereocenters. The minimum absolute atomic E-state index is 0.180. The lowest BCUT2D eigenvalue weighted by Gasteiger charge is -1.96. The number of hydrogen-bond acceptors (Lipinski definition) is 5. The van der Waals surface area contributed by atoms with Crippen LogP contribution in [0.1, 0.15) is 32.3 Å². The highest BCUT2D eigenvalue weighted by atomic mass is 32.1. The van der Waals surface area contributed by atoms with Crippen molar-refractivity contribution in [3.63, 3.8) is 0 Å². The number of nitrogens with zero attached hydrogens (tertiary/aromatic N) is 1. The van der Waals surface area contributed by atoms with Gasteiger partial charge in [-0.2, -0.15) is 0 Å². The van der Waals surface area contributed by atoms with Crippen molar-refractivity contribution in [2.45, 2.75) is 13.3 Å². The van der Waals surface area contributed by atoms with E-state index in [1.165, 1.54) is 17.6 Å². The Morgan fingerprint density at radius 3 is 2.70 bits per heavy atom. The topological polar surface area (TPSA) is 60.2 Å². The lowest BCUT2D eigenvalue weighted by Crippen LogP contribution is -2.08. The summed E-state index contributed by atoms with van der Waals surface area (Å²) in [5.74, 6) is 0.0457. The van der Waals surface area contributed by atoms with Crippen molar-refractivity contribution in [2.75, 3.05) is 0 Å². The Hall–Kier alpha value is -2.27. The number of fused-ring (bicyclic) bond motifs is 1. The third-order valence-corrected chi connectivity index (χ3v) is 4.09. The Labute approximate surface area is 119 Å². The van der Waals surface area contributed by atoms with Gasteiger partial charge in [-0.15, -0.1) is 11.3 Å². The number of Topliss-reactive ketones (excluding diaryl/α,β-unsaturated/α-hetero) is 2. The second-order valence-corrected chi connectivity index (χ2v) is 5.43. The van der Waals surface area contributed by atoms with E-state index in [1.54, 1.807) is 13.0 Å². The van der Waals surface area contributed by atoms with E-state index in [0.717, 1.165) is 10.2 Å². The van der Waals surface area contributed by atoms with E-state index in [0.29, 0.717) is 16.3 Å². The maximum Gasteiger partial charge on any atom is 0.199 e. The van der Waals surface area contributed by atoms with E-state index in [2.05, 4.69) is 4.98 Å². The van der Waals surface area contributed by atoms with Gasteiger partial charge in [0.25, 0.3) is 0 Å². The zero-order chi connectivity index (χ0) is 14.1. The number of aryl methyl sites for hydroxylation is 1. The second kappa shape index (κ2) is 5.02. The fourth-order valence-electron chi connectivity index (χ4n) is 1.98. The first-order chi connectivity index (χ1) is 9.65. The van der Waals surface area contributed by atoms with Gasteiger partial charge in [0.1, 0.15) is 5.76 Å². The highest BCUT2D eigenvalue weighted by molar-refractivity contribution is 7.20. The third kappa shape index (κ3) is 2.28. The average molecular weight is 285 g/mol. The molecule has 0 radical (unpaired) electrons. The summed E-state index contributed by atoms with van der Waals surface area (Å²) >= 11 is 1.31. The molecular weight excluding hydrogens is 274 g/mol. The molecule has 3 rings (SSSR count). The Bertz CT molecular complexity index is 767. The number of furan rings is 1. The van der Waals surface area contributed by atoms with Crippen molar-refractivity contribution >= 4 is 33.1 Å². The largest absolute Gasteiger partial charge is 0.469 e. The molecule has 0 unspecified atom stereocenters. The van der Waals surface area contributed by atoms with Crippen LogP contribution in [-0.2, 0) is 0 Å². The van der Waals surface area contributed by atoms with Crippen LogP contribution in [0.2, 0.25) is 0 Å². The number of hydrogen-bond donors (Lipinski definition) is 0. The molecule has 2 aromatic heterocycles.